The molecule has 0 fully saturated rings. The average molecular weight is 241 g/mol. The molecule has 1 aromatic carbocycles. The number of aliphatic hydroxyl groups is 1. The van der Waals surface area contributed by atoms with Gasteiger partial charge in [0.15, 0.2) is 0 Å². The monoisotopic (exact) mass is 240 g/mol. The Hall–Kier alpha value is -1.32. The fraction of sp³-hybridized carbons (Fsp3) is 0.167. The minimum Gasteiger partial charge on any atom is -0.466 e. The van der Waals surface area contributed by atoms with Crippen molar-refractivity contribution in [3.8, 4) is 0 Å². The van der Waals surface area contributed by atoms with E-state index < -0.39 is 6.10 Å². The van der Waals surface area contributed by atoms with Crippen molar-refractivity contribution < 1.29 is 13.9 Å². The summed E-state index contributed by atoms with van der Waals surface area (Å²) in [4.78, 5) is 0. The molecule has 0 aliphatic rings. The quantitative estimate of drug-likeness (QED) is 0.872. The second-order valence-corrected chi connectivity index (χ2v) is 3.95. The van der Waals surface area contributed by atoms with E-state index in [-0.39, 0.29) is 10.8 Å². The van der Waals surface area contributed by atoms with Gasteiger partial charge in [-0.05, 0) is 36.8 Å². The summed E-state index contributed by atoms with van der Waals surface area (Å²) < 4.78 is 18.2. The van der Waals surface area contributed by atoms with Gasteiger partial charge in [0, 0.05) is 10.6 Å². The van der Waals surface area contributed by atoms with Crippen LogP contribution in [0.2, 0.25) is 5.02 Å². The van der Waals surface area contributed by atoms with E-state index in [9.17, 15) is 9.50 Å². The number of benzene rings is 1. The van der Waals surface area contributed by atoms with Gasteiger partial charge >= 0.3 is 0 Å². The Balaban J connectivity index is 2.44. The van der Waals surface area contributed by atoms with E-state index >= 15 is 0 Å². The van der Waals surface area contributed by atoms with Gasteiger partial charge in [0.05, 0.1) is 6.26 Å². The minimum absolute atomic E-state index is 0.187. The van der Waals surface area contributed by atoms with Crippen LogP contribution in [0, 0.1) is 12.7 Å². The molecule has 0 amide bonds. The van der Waals surface area contributed by atoms with Crippen LogP contribution >= 0.6 is 11.6 Å². The molecular formula is C12H10ClFO2. The number of aryl methyl sites for hydroxylation is 1. The minimum atomic E-state index is -0.971. The first-order valence-corrected chi connectivity index (χ1v) is 5.14. The number of rotatable bonds is 2. The number of hydrogen-bond acceptors (Lipinski definition) is 2. The Morgan fingerprint density at radius 1 is 1.44 bits per heavy atom. The lowest BCUT2D eigenvalue weighted by Gasteiger charge is -2.11. The molecule has 2 rings (SSSR count). The van der Waals surface area contributed by atoms with Crippen molar-refractivity contribution in [1.82, 2.24) is 0 Å². The molecule has 0 saturated heterocycles. The molecule has 0 radical (unpaired) electrons. The summed E-state index contributed by atoms with van der Waals surface area (Å²) in [5, 5.41) is 10.2. The smallest absolute Gasteiger partial charge is 0.138 e. The summed E-state index contributed by atoms with van der Waals surface area (Å²) >= 11 is 5.87. The van der Waals surface area contributed by atoms with Gasteiger partial charge in [0.25, 0.3) is 0 Å². The van der Waals surface area contributed by atoms with Crippen LogP contribution in [0.25, 0.3) is 0 Å². The van der Waals surface area contributed by atoms with E-state index in [0.29, 0.717) is 16.9 Å². The van der Waals surface area contributed by atoms with Gasteiger partial charge in [0.1, 0.15) is 17.7 Å². The van der Waals surface area contributed by atoms with Crippen molar-refractivity contribution in [2.45, 2.75) is 13.0 Å². The van der Waals surface area contributed by atoms with Crippen LogP contribution in [0.5, 0.6) is 0 Å². The summed E-state index contributed by atoms with van der Waals surface area (Å²) in [5.74, 6) is -0.00620. The first kappa shape index (κ1) is 11.2. The lowest BCUT2D eigenvalue weighted by molar-refractivity contribution is 0.189. The maximum atomic E-state index is 13.2. The molecule has 0 spiro atoms. The van der Waals surface area contributed by atoms with E-state index in [2.05, 4.69) is 0 Å². The normalized spacial score (nSPS) is 12.8. The highest BCUT2D eigenvalue weighted by Gasteiger charge is 2.17. The van der Waals surface area contributed by atoms with Gasteiger partial charge in [-0.25, -0.2) is 4.39 Å². The number of aliphatic hydroxyl groups excluding tert-OH is 1. The molecule has 1 unspecified atom stereocenters. The van der Waals surface area contributed by atoms with E-state index in [1.807, 2.05) is 0 Å². The fourth-order valence-corrected chi connectivity index (χ4v) is 1.74. The highest BCUT2D eigenvalue weighted by atomic mass is 35.5. The van der Waals surface area contributed by atoms with Crippen molar-refractivity contribution in [3.05, 3.63) is 58.3 Å². The summed E-state index contributed by atoms with van der Waals surface area (Å²) in [7, 11) is 0. The topological polar surface area (TPSA) is 33.4 Å². The summed E-state index contributed by atoms with van der Waals surface area (Å²) in [5.41, 5.74) is 0.875. The Morgan fingerprint density at radius 3 is 2.81 bits per heavy atom. The first-order chi connectivity index (χ1) is 7.59. The molecule has 1 heterocycles. The SMILES string of the molecule is Cc1cc(C(O)c2ccco2)c(Cl)cc1F. The van der Waals surface area contributed by atoms with Crippen molar-refractivity contribution in [2.75, 3.05) is 0 Å². The molecule has 1 N–H and O–H groups in total. The van der Waals surface area contributed by atoms with Gasteiger partial charge in [-0.1, -0.05) is 11.6 Å². The van der Waals surface area contributed by atoms with Crippen LogP contribution in [-0.4, -0.2) is 5.11 Å². The lowest BCUT2D eigenvalue weighted by atomic mass is 10.0. The molecule has 1 atom stereocenters. The molecule has 4 heteroatoms. The maximum absolute atomic E-state index is 13.2. The second-order valence-electron chi connectivity index (χ2n) is 3.54. The molecule has 0 saturated carbocycles. The standard InChI is InChI=1S/C12H10ClFO2/c1-7-5-8(9(13)6-10(7)14)12(15)11-3-2-4-16-11/h2-6,12,15H,1H3. The van der Waals surface area contributed by atoms with Crippen molar-refractivity contribution in [1.29, 1.82) is 0 Å². The zero-order chi connectivity index (χ0) is 11.7. The molecule has 0 bridgehead atoms. The fourth-order valence-electron chi connectivity index (χ4n) is 1.49. The third kappa shape index (κ3) is 1.96. The third-order valence-corrected chi connectivity index (χ3v) is 2.71. The Labute approximate surface area is 97.3 Å². The second kappa shape index (κ2) is 4.28. The van der Waals surface area contributed by atoms with Crippen LogP contribution in [0.4, 0.5) is 4.39 Å². The highest BCUT2D eigenvalue weighted by molar-refractivity contribution is 6.31. The molecule has 0 aliphatic carbocycles. The van der Waals surface area contributed by atoms with Crippen molar-refractivity contribution in [2.24, 2.45) is 0 Å². The van der Waals surface area contributed by atoms with Crippen LogP contribution in [0.3, 0.4) is 0 Å². The number of halogens is 2. The number of furan rings is 1. The van der Waals surface area contributed by atoms with Crippen molar-refractivity contribution >= 4 is 11.6 Å². The molecule has 2 aromatic rings. The Morgan fingerprint density at radius 2 is 2.19 bits per heavy atom. The molecule has 84 valence electrons. The lowest BCUT2D eigenvalue weighted by Crippen LogP contribution is -2.00. The zero-order valence-corrected chi connectivity index (χ0v) is 9.33. The van der Waals surface area contributed by atoms with Crippen LogP contribution < -0.4 is 0 Å². The molecular weight excluding hydrogens is 231 g/mol. The number of hydrogen-bond donors (Lipinski definition) is 1. The van der Waals surface area contributed by atoms with Crippen LogP contribution in [0.1, 0.15) is 23.0 Å². The van der Waals surface area contributed by atoms with Gasteiger partial charge in [-0.3, -0.25) is 0 Å². The maximum Gasteiger partial charge on any atom is 0.138 e. The first-order valence-electron chi connectivity index (χ1n) is 4.76. The highest BCUT2D eigenvalue weighted by Crippen LogP contribution is 2.30. The van der Waals surface area contributed by atoms with Crippen LogP contribution in [0.15, 0.2) is 34.9 Å². The Kier molecular flexibility index (Phi) is 2.99. The average Bonchev–Trinajstić information content (AvgIpc) is 2.75. The van der Waals surface area contributed by atoms with E-state index in [4.69, 9.17) is 16.0 Å². The largest absolute Gasteiger partial charge is 0.466 e. The van der Waals surface area contributed by atoms with E-state index in [1.54, 1.807) is 19.1 Å². The van der Waals surface area contributed by atoms with Gasteiger partial charge in [-0.15, -0.1) is 0 Å². The zero-order valence-electron chi connectivity index (χ0n) is 8.58. The Bertz CT molecular complexity index is 494. The van der Waals surface area contributed by atoms with Crippen molar-refractivity contribution in [3.63, 3.8) is 0 Å². The summed E-state index contributed by atoms with van der Waals surface area (Å²) in [6.45, 7) is 1.62. The molecule has 2 nitrogen and oxygen atoms in total. The predicted octanol–water partition coefficient (Wildman–Crippen LogP) is 3.46. The third-order valence-electron chi connectivity index (χ3n) is 2.39. The molecule has 1 aromatic heterocycles. The predicted molar refractivity (Wildman–Crippen MR) is 58.9 cm³/mol. The van der Waals surface area contributed by atoms with Crippen LogP contribution in [-0.2, 0) is 0 Å². The van der Waals surface area contributed by atoms with E-state index in [1.165, 1.54) is 18.4 Å². The summed E-state index contributed by atoms with van der Waals surface area (Å²) in [6, 6.07) is 6.02. The summed E-state index contributed by atoms with van der Waals surface area (Å²) in [6.07, 6.45) is 0.491. The van der Waals surface area contributed by atoms with Gasteiger partial charge in [0.2, 0.25) is 0 Å². The molecule has 16 heavy (non-hydrogen) atoms. The molecule has 0 aliphatic heterocycles. The van der Waals surface area contributed by atoms with E-state index in [0.717, 1.165) is 0 Å². The van der Waals surface area contributed by atoms with Gasteiger partial charge in [-0.2, -0.15) is 0 Å². The van der Waals surface area contributed by atoms with Gasteiger partial charge < -0.3 is 9.52 Å².